The topological polar surface area (TPSA) is 48.1 Å². The van der Waals surface area contributed by atoms with Gasteiger partial charge in [-0.05, 0) is 36.8 Å². The number of aromatic nitrogens is 1. The van der Waals surface area contributed by atoms with E-state index in [0.29, 0.717) is 23.1 Å². The number of pyridine rings is 1. The van der Waals surface area contributed by atoms with Gasteiger partial charge in [0.1, 0.15) is 11.3 Å². The molecule has 4 heteroatoms. The first-order chi connectivity index (χ1) is 10.2. The molecule has 3 aromatic rings. The van der Waals surface area contributed by atoms with Gasteiger partial charge in [0.05, 0.1) is 0 Å². The molecule has 2 aromatic carbocycles. The summed E-state index contributed by atoms with van der Waals surface area (Å²) in [6, 6.07) is 15.4. The summed E-state index contributed by atoms with van der Waals surface area (Å²) in [6.45, 7) is 2.37. The van der Waals surface area contributed by atoms with Gasteiger partial charge in [0.25, 0.3) is 0 Å². The molecule has 21 heavy (non-hydrogen) atoms. The normalized spacial score (nSPS) is 10.8. The number of nitrogens with two attached hydrogens (primary N) is 1. The van der Waals surface area contributed by atoms with Gasteiger partial charge in [-0.3, -0.25) is 0 Å². The second-order valence-corrected chi connectivity index (χ2v) is 5.25. The number of rotatable bonds is 3. The van der Waals surface area contributed by atoms with Crippen LogP contribution in [0.3, 0.4) is 0 Å². The monoisotopic (exact) mass is 298 g/mol. The fourth-order valence-electron chi connectivity index (χ4n) is 2.18. The van der Waals surface area contributed by atoms with Gasteiger partial charge in [-0.2, -0.15) is 0 Å². The molecule has 0 amide bonds. The Balaban J connectivity index is 2.01. The average molecular weight is 299 g/mol. The van der Waals surface area contributed by atoms with E-state index >= 15 is 0 Å². The zero-order valence-electron chi connectivity index (χ0n) is 11.6. The molecule has 3 rings (SSSR count). The summed E-state index contributed by atoms with van der Waals surface area (Å²) < 4.78 is 5.94. The summed E-state index contributed by atoms with van der Waals surface area (Å²) in [5, 5.41) is 1.65. The summed E-state index contributed by atoms with van der Waals surface area (Å²) in [4.78, 5) is 4.55. The van der Waals surface area contributed by atoms with Gasteiger partial charge >= 0.3 is 0 Å². The second kappa shape index (κ2) is 5.72. The van der Waals surface area contributed by atoms with Crippen molar-refractivity contribution in [3.8, 4) is 11.5 Å². The van der Waals surface area contributed by atoms with Crippen LogP contribution in [0.2, 0.25) is 5.02 Å². The Morgan fingerprint density at radius 3 is 2.76 bits per heavy atom. The number of benzene rings is 2. The van der Waals surface area contributed by atoms with Crippen LogP contribution in [0.15, 0.2) is 48.5 Å². The highest BCUT2D eigenvalue weighted by Gasteiger charge is 2.07. The minimum absolute atomic E-state index is 0.411. The van der Waals surface area contributed by atoms with E-state index in [0.717, 1.165) is 22.2 Å². The summed E-state index contributed by atoms with van der Waals surface area (Å²) in [5.74, 6) is 1.39. The molecule has 1 heterocycles. The lowest BCUT2D eigenvalue weighted by atomic mass is 10.2. The van der Waals surface area contributed by atoms with Crippen molar-refractivity contribution >= 4 is 22.5 Å². The third-order valence-corrected chi connectivity index (χ3v) is 3.65. The number of para-hydroxylation sites is 1. The van der Waals surface area contributed by atoms with Crippen molar-refractivity contribution in [3.63, 3.8) is 0 Å². The molecule has 0 spiro atoms. The number of nitrogens with zero attached hydrogens (tertiary/aromatic N) is 1. The van der Waals surface area contributed by atoms with Crippen molar-refractivity contribution in [3.05, 3.63) is 64.8 Å². The molecule has 0 atom stereocenters. The lowest BCUT2D eigenvalue weighted by Crippen LogP contribution is -1.97. The van der Waals surface area contributed by atoms with Crippen LogP contribution >= 0.6 is 11.6 Å². The number of fused-ring (bicyclic) bond motifs is 1. The van der Waals surface area contributed by atoms with Crippen LogP contribution < -0.4 is 10.5 Å². The molecule has 3 nitrogen and oxygen atoms in total. The standard InChI is InChI=1S/C17H15ClN2O/c1-11-5-6-12-3-2-4-16(17(12)20-11)21-14-8-7-13(10-19)15(18)9-14/h2-9H,10,19H2,1H3. The van der Waals surface area contributed by atoms with Crippen LogP contribution in [0, 0.1) is 6.92 Å². The molecular weight excluding hydrogens is 284 g/mol. The molecule has 0 bridgehead atoms. The molecule has 0 fully saturated rings. The maximum Gasteiger partial charge on any atom is 0.153 e. The van der Waals surface area contributed by atoms with E-state index in [9.17, 15) is 0 Å². The highest BCUT2D eigenvalue weighted by Crippen LogP contribution is 2.31. The van der Waals surface area contributed by atoms with E-state index in [1.807, 2.05) is 49.4 Å². The maximum absolute atomic E-state index is 6.16. The largest absolute Gasteiger partial charge is 0.455 e. The minimum Gasteiger partial charge on any atom is -0.455 e. The van der Waals surface area contributed by atoms with E-state index in [1.54, 1.807) is 6.07 Å². The SMILES string of the molecule is Cc1ccc2cccc(Oc3ccc(CN)c(Cl)c3)c2n1. The summed E-state index contributed by atoms with van der Waals surface area (Å²) in [5.41, 5.74) is 8.31. The minimum atomic E-state index is 0.411. The summed E-state index contributed by atoms with van der Waals surface area (Å²) in [6.07, 6.45) is 0. The van der Waals surface area contributed by atoms with Gasteiger partial charge in [-0.25, -0.2) is 4.98 Å². The van der Waals surface area contributed by atoms with E-state index in [1.165, 1.54) is 0 Å². The zero-order chi connectivity index (χ0) is 14.8. The highest BCUT2D eigenvalue weighted by atomic mass is 35.5. The molecule has 1 aromatic heterocycles. The number of hydrogen-bond acceptors (Lipinski definition) is 3. The average Bonchev–Trinajstić information content (AvgIpc) is 2.48. The Morgan fingerprint density at radius 1 is 1.14 bits per heavy atom. The fraction of sp³-hybridized carbons (Fsp3) is 0.118. The van der Waals surface area contributed by atoms with Crippen molar-refractivity contribution in [2.75, 3.05) is 0 Å². The third kappa shape index (κ3) is 2.84. The number of halogens is 1. The Kier molecular flexibility index (Phi) is 3.78. The van der Waals surface area contributed by atoms with E-state index in [4.69, 9.17) is 22.1 Å². The fourth-order valence-corrected chi connectivity index (χ4v) is 2.43. The molecule has 0 radical (unpaired) electrons. The van der Waals surface area contributed by atoms with Gasteiger partial charge in [0, 0.05) is 22.6 Å². The number of aryl methyl sites for hydroxylation is 1. The van der Waals surface area contributed by atoms with Gasteiger partial charge < -0.3 is 10.5 Å². The quantitative estimate of drug-likeness (QED) is 0.777. The Labute approximate surface area is 128 Å². The molecule has 0 aliphatic carbocycles. The number of hydrogen-bond donors (Lipinski definition) is 1. The Morgan fingerprint density at radius 2 is 2.00 bits per heavy atom. The molecule has 2 N–H and O–H groups in total. The van der Waals surface area contributed by atoms with Crippen LogP contribution in [0.5, 0.6) is 11.5 Å². The van der Waals surface area contributed by atoms with Gasteiger partial charge in [-0.1, -0.05) is 35.9 Å². The lowest BCUT2D eigenvalue weighted by Gasteiger charge is -2.10. The van der Waals surface area contributed by atoms with E-state index in [-0.39, 0.29) is 0 Å². The van der Waals surface area contributed by atoms with Crippen molar-refractivity contribution in [1.82, 2.24) is 4.98 Å². The highest BCUT2D eigenvalue weighted by molar-refractivity contribution is 6.31. The summed E-state index contributed by atoms with van der Waals surface area (Å²) in [7, 11) is 0. The van der Waals surface area contributed by atoms with Crippen LogP contribution in [-0.4, -0.2) is 4.98 Å². The Bertz CT molecular complexity index is 802. The second-order valence-electron chi connectivity index (χ2n) is 4.84. The molecular formula is C17H15ClN2O. The molecule has 0 saturated carbocycles. The van der Waals surface area contributed by atoms with E-state index < -0.39 is 0 Å². The molecule has 0 aliphatic rings. The zero-order valence-corrected chi connectivity index (χ0v) is 12.4. The van der Waals surface area contributed by atoms with Crippen LogP contribution in [0.25, 0.3) is 10.9 Å². The van der Waals surface area contributed by atoms with Crippen LogP contribution in [0.1, 0.15) is 11.3 Å². The van der Waals surface area contributed by atoms with Crippen molar-refractivity contribution in [2.24, 2.45) is 5.73 Å². The lowest BCUT2D eigenvalue weighted by molar-refractivity contribution is 0.487. The summed E-state index contributed by atoms with van der Waals surface area (Å²) >= 11 is 6.16. The first-order valence-corrected chi connectivity index (χ1v) is 7.08. The predicted octanol–water partition coefficient (Wildman–Crippen LogP) is 4.45. The van der Waals surface area contributed by atoms with Crippen LogP contribution in [-0.2, 0) is 6.54 Å². The molecule has 0 aliphatic heterocycles. The first-order valence-electron chi connectivity index (χ1n) is 6.70. The van der Waals surface area contributed by atoms with Gasteiger partial charge in [0.15, 0.2) is 5.75 Å². The van der Waals surface area contributed by atoms with Crippen molar-refractivity contribution < 1.29 is 4.74 Å². The van der Waals surface area contributed by atoms with Crippen LogP contribution in [0.4, 0.5) is 0 Å². The van der Waals surface area contributed by atoms with Gasteiger partial charge in [0.2, 0.25) is 0 Å². The van der Waals surface area contributed by atoms with Gasteiger partial charge in [-0.15, -0.1) is 0 Å². The first kappa shape index (κ1) is 13.9. The predicted molar refractivity (Wildman–Crippen MR) is 85.9 cm³/mol. The van der Waals surface area contributed by atoms with Crippen molar-refractivity contribution in [1.29, 1.82) is 0 Å². The van der Waals surface area contributed by atoms with Crippen molar-refractivity contribution in [2.45, 2.75) is 13.5 Å². The van der Waals surface area contributed by atoms with E-state index in [2.05, 4.69) is 4.98 Å². The smallest absolute Gasteiger partial charge is 0.153 e. The molecule has 0 unspecified atom stereocenters. The molecule has 106 valence electrons. The third-order valence-electron chi connectivity index (χ3n) is 3.29. The molecule has 0 saturated heterocycles. The Hall–Kier alpha value is -2.10. The number of ether oxygens (including phenoxy) is 1. The maximum atomic E-state index is 6.16.